The maximum atomic E-state index is 5.36. The highest BCUT2D eigenvalue weighted by molar-refractivity contribution is 6.23. The van der Waals surface area contributed by atoms with Gasteiger partial charge in [-0.25, -0.2) is 4.98 Å². The van der Waals surface area contributed by atoms with E-state index in [-0.39, 0.29) is 0 Å². The SMILES string of the molecule is C1=CC2=CC(c3nc(-c4ccc5ccccc5c4)nc(-n4c5ccccc5c5ccc6c7ccccc7n(-c7ccccc7)c6c54)n3)=CCC2C=C1. The van der Waals surface area contributed by atoms with Crippen molar-refractivity contribution in [3.8, 4) is 23.0 Å². The summed E-state index contributed by atoms with van der Waals surface area (Å²) in [5, 5.41) is 7.02. The third kappa shape index (κ3) is 4.39. The first-order chi connectivity index (χ1) is 25.8. The van der Waals surface area contributed by atoms with Gasteiger partial charge in [0.15, 0.2) is 11.6 Å². The Kier molecular flexibility index (Phi) is 6.31. The second-order valence-electron chi connectivity index (χ2n) is 13.6. The number of nitrogens with zero attached hydrogens (tertiary/aromatic N) is 5. The van der Waals surface area contributed by atoms with Crippen LogP contribution in [-0.4, -0.2) is 24.1 Å². The summed E-state index contributed by atoms with van der Waals surface area (Å²) in [6, 6.07) is 47.4. The summed E-state index contributed by atoms with van der Waals surface area (Å²) in [6.45, 7) is 0. The van der Waals surface area contributed by atoms with Crippen LogP contribution in [0.25, 0.3) is 83.0 Å². The summed E-state index contributed by atoms with van der Waals surface area (Å²) in [6.07, 6.45) is 14.1. The largest absolute Gasteiger partial charge is 0.307 e. The summed E-state index contributed by atoms with van der Waals surface area (Å²) in [5.41, 5.74) is 8.75. The Labute approximate surface area is 299 Å². The van der Waals surface area contributed by atoms with Crippen LogP contribution in [0.4, 0.5) is 0 Å². The molecule has 0 saturated carbocycles. The van der Waals surface area contributed by atoms with Gasteiger partial charge in [-0.3, -0.25) is 4.57 Å². The van der Waals surface area contributed by atoms with Gasteiger partial charge in [0.2, 0.25) is 5.95 Å². The van der Waals surface area contributed by atoms with Crippen molar-refractivity contribution in [1.29, 1.82) is 0 Å². The van der Waals surface area contributed by atoms with E-state index in [0.29, 0.717) is 23.5 Å². The smallest absolute Gasteiger partial charge is 0.238 e. The van der Waals surface area contributed by atoms with Crippen molar-refractivity contribution in [2.75, 3.05) is 0 Å². The number of hydrogen-bond acceptors (Lipinski definition) is 3. The summed E-state index contributed by atoms with van der Waals surface area (Å²) >= 11 is 0. The van der Waals surface area contributed by atoms with Crippen molar-refractivity contribution >= 4 is 60.0 Å². The minimum Gasteiger partial charge on any atom is -0.307 e. The highest BCUT2D eigenvalue weighted by Crippen LogP contribution is 2.42. The van der Waals surface area contributed by atoms with Crippen molar-refractivity contribution in [3.63, 3.8) is 0 Å². The predicted octanol–water partition coefficient (Wildman–Crippen LogP) is 11.3. The van der Waals surface area contributed by atoms with Crippen molar-refractivity contribution in [2.45, 2.75) is 6.42 Å². The number of allylic oxidation sites excluding steroid dienone is 8. The first-order valence-corrected chi connectivity index (χ1v) is 17.8. The van der Waals surface area contributed by atoms with Crippen LogP contribution in [0.1, 0.15) is 12.2 Å². The molecule has 0 radical (unpaired) electrons. The molecule has 6 aromatic carbocycles. The molecule has 3 aromatic heterocycles. The van der Waals surface area contributed by atoms with Crippen LogP contribution in [0, 0.1) is 5.92 Å². The number of para-hydroxylation sites is 3. The van der Waals surface area contributed by atoms with Crippen molar-refractivity contribution in [2.24, 2.45) is 5.92 Å². The molecule has 0 aliphatic heterocycles. The van der Waals surface area contributed by atoms with Gasteiger partial charge in [0.1, 0.15) is 0 Å². The molecule has 52 heavy (non-hydrogen) atoms. The fourth-order valence-electron chi connectivity index (χ4n) is 8.22. The molecular formula is C47H31N5. The Balaban J connectivity index is 1.26. The molecule has 0 spiro atoms. The first kappa shape index (κ1) is 28.9. The Morgan fingerprint density at radius 3 is 2.02 bits per heavy atom. The highest BCUT2D eigenvalue weighted by atomic mass is 15.2. The van der Waals surface area contributed by atoms with E-state index in [0.717, 1.165) is 61.5 Å². The minimum absolute atomic E-state index is 0.376. The normalized spacial score (nSPS) is 15.5. The molecule has 0 bridgehead atoms. The molecule has 2 aliphatic carbocycles. The zero-order valence-electron chi connectivity index (χ0n) is 28.2. The zero-order valence-corrected chi connectivity index (χ0v) is 28.2. The lowest BCUT2D eigenvalue weighted by molar-refractivity contribution is 0.780. The zero-order chi connectivity index (χ0) is 34.2. The highest BCUT2D eigenvalue weighted by Gasteiger charge is 2.24. The van der Waals surface area contributed by atoms with Gasteiger partial charge in [0.05, 0.1) is 22.1 Å². The van der Waals surface area contributed by atoms with Gasteiger partial charge in [-0.15, -0.1) is 0 Å². The molecule has 0 N–H and O–H groups in total. The van der Waals surface area contributed by atoms with E-state index in [9.17, 15) is 0 Å². The molecule has 1 atom stereocenters. The number of benzene rings is 6. The molecule has 1 unspecified atom stereocenters. The molecule has 3 heterocycles. The standard InChI is InChI=1S/C47H31N5/c1-2-16-36(17-3-1)51-41-20-10-8-18-37(41)39-26-27-40-38-19-9-11-21-42(38)52(44(40)43(39)51)47-49-45(34-24-22-30-12-4-6-14-32(30)28-34)48-46(50-47)35-25-23-31-13-5-7-15-33(31)29-35/h1-22,24-29,31H,23H2. The fraction of sp³-hybridized carbons (Fsp3) is 0.0426. The summed E-state index contributed by atoms with van der Waals surface area (Å²) in [4.78, 5) is 15.9. The lowest BCUT2D eigenvalue weighted by Gasteiger charge is -2.21. The fourth-order valence-corrected chi connectivity index (χ4v) is 8.22. The third-order valence-electron chi connectivity index (χ3n) is 10.7. The molecule has 9 aromatic rings. The Morgan fingerprint density at radius 1 is 0.538 bits per heavy atom. The Hall–Kier alpha value is -6.85. The van der Waals surface area contributed by atoms with Crippen LogP contribution in [0.2, 0.25) is 0 Å². The average molecular weight is 666 g/mol. The lowest BCUT2D eigenvalue weighted by atomic mass is 9.85. The number of rotatable bonds is 4. The second kappa shape index (κ2) is 11.3. The summed E-state index contributed by atoms with van der Waals surface area (Å²) < 4.78 is 4.66. The topological polar surface area (TPSA) is 48.5 Å². The first-order valence-electron chi connectivity index (χ1n) is 17.8. The molecule has 0 saturated heterocycles. The van der Waals surface area contributed by atoms with Gasteiger partial charge >= 0.3 is 0 Å². The van der Waals surface area contributed by atoms with Gasteiger partial charge in [-0.05, 0) is 59.2 Å². The number of aromatic nitrogens is 5. The lowest BCUT2D eigenvalue weighted by Crippen LogP contribution is -2.11. The summed E-state index contributed by atoms with van der Waals surface area (Å²) in [5.74, 6) is 2.29. The van der Waals surface area contributed by atoms with Gasteiger partial charge in [-0.1, -0.05) is 134 Å². The van der Waals surface area contributed by atoms with E-state index >= 15 is 0 Å². The van der Waals surface area contributed by atoms with Crippen molar-refractivity contribution in [3.05, 3.63) is 181 Å². The third-order valence-corrected chi connectivity index (χ3v) is 10.7. The van der Waals surface area contributed by atoms with Crippen molar-refractivity contribution < 1.29 is 0 Å². The number of hydrogen-bond donors (Lipinski definition) is 0. The van der Waals surface area contributed by atoms with E-state index < -0.39 is 0 Å². The molecule has 5 heteroatoms. The molecule has 2 aliphatic rings. The van der Waals surface area contributed by atoms with Gasteiger partial charge in [0.25, 0.3) is 0 Å². The Bertz CT molecular complexity index is 3040. The van der Waals surface area contributed by atoms with Crippen LogP contribution in [0.5, 0.6) is 0 Å². The van der Waals surface area contributed by atoms with E-state index in [1.807, 2.05) is 0 Å². The molecular weight excluding hydrogens is 635 g/mol. The second-order valence-corrected chi connectivity index (χ2v) is 13.6. The maximum Gasteiger partial charge on any atom is 0.238 e. The molecule has 5 nitrogen and oxygen atoms in total. The van der Waals surface area contributed by atoms with E-state index in [4.69, 9.17) is 15.0 Å². The van der Waals surface area contributed by atoms with Gasteiger partial charge in [-0.2, -0.15) is 9.97 Å². The quantitative estimate of drug-likeness (QED) is 0.188. The van der Waals surface area contributed by atoms with Crippen LogP contribution in [0.3, 0.4) is 0 Å². The van der Waals surface area contributed by atoms with E-state index in [1.54, 1.807) is 0 Å². The predicted molar refractivity (Wildman–Crippen MR) is 214 cm³/mol. The van der Waals surface area contributed by atoms with Crippen LogP contribution >= 0.6 is 0 Å². The molecule has 11 rings (SSSR count). The maximum absolute atomic E-state index is 5.36. The monoisotopic (exact) mass is 665 g/mol. The van der Waals surface area contributed by atoms with Crippen molar-refractivity contribution in [1.82, 2.24) is 24.1 Å². The average Bonchev–Trinajstić information content (AvgIpc) is 3.74. The minimum atomic E-state index is 0.376. The van der Waals surface area contributed by atoms with Crippen LogP contribution in [0.15, 0.2) is 175 Å². The molecule has 0 fully saturated rings. The van der Waals surface area contributed by atoms with E-state index in [2.05, 4.69) is 179 Å². The molecule has 0 amide bonds. The number of fused-ring (bicyclic) bond motifs is 9. The van der Waals surface area contributed by atoms with Gasteiger partial charge < -0.3 is 4.57 Å². The van der Waals surface area contributed by atoms with E-state index in [1.165, 1.54) is 21.7 Å². The van der Waals surface area contributed by atoms with Crippen LogP contribution < -0.4 is 0 Å². The Morgan fingerprint density at radius 2 is 1.21 bits per heavy atom. The summed E-state index contributed by atoms with van der Waals surface area (Å²) in [7, 11) is 0. The van der Waals surface area contributed by atoms with Gasteiger partial charge in [0, 0.05) is 44.3 Å². The molecule has 244 valence electrons. The van der Waals surface area contributed by atoms with Crippen LogP contribution in [-0.2, 0) is 0 Å².